The van der Waals surface area contributed by atoms with Crippen LogP contribution in [0, 0.1) is 0 Å². The van der Waals surface area contributed by atoms with Crippen LogP contribution in [0.5, 0.6) is 5.75 Å². The predicted molar refractivity (Wildman–Crippen MR) is 95.7 cm³/mol. The van der Waals surface area contributed by atoms with Crippen LogP contribution in [-0.4, -0.2) is 18.2 Å². The summed E-state index contributed by atoms with van der Waals surface area (Å²) in [5.74, 6) is -0.00782. The zero-order valence-electron chi connectivity index (χ0n) is 13.2. The van der Waals surface area contributed by atoms with Crippen molar-refractivity contribution in [3.8, 4) is 5.75 Å². The van der Waals surface area contributed by atoms with E-state index in [1.54, 1.807) is 30.3 Å². The molecule has 3 rings (SSSR count). The Labute approximate surface area is 143 Å². The monoisotopic (exact) mass is 333 g/mol. The lowest BCUT2D eigenvalue weighted by Crippen LogP contribution is -2.24. The second-order valence-electron chi connectivity index (χ2n) is 5.22. The fourth-order valence-corrected chi connectivity index (χ4v) is 2.36. The van der Waals surface area contributed by atoms with Gasteiger partial charge in [0.05, 0.1) is 11.8 Å². The molecular weight excluding hydrogens is 318 g/mol. The fourth-order valence-electron chi connectivity index (χ4n) is 2.36. The zero-order chi connectivity index (χ0) is 17.6. The van der Waals surface area contributed by atoms with E-state index in [4.69, 9.17) is 10.5 Å². The molecule has 3 aromatic rings. The molecule has 0 atom stereocenters. The van der Waals surface area contributed by atoms with Gasteiger partial charge in [0, 0.05) is 0 Å². The number of ether oxygens (including phenoxy) is 1. The molecule has 0 radical (unpaired) electrons. The first-order valence-electron chi connectivity index (χ1n) is 7.52. The molecule has 6 nitrogen and oxygen atoms in total. The van der Waals surface area contributed by atoms with Gasteiger partial charge >= 0.3 is 12.0 Å². The van der Waals surface area contributed by atoms with E-state index < -0.39 is 12.0 Å². The van der Waals surface area contributed by atoms with Gasteiger partial charge in [0.2, 0.25) is 0 Å². The van der Waals surface area contributed by atoms with Gasteiger partial charge in [-0.25, -0.2) is 15.0 Å². The van der Waals surface area contributed by atoms with Gasteiger partial charge in [-0.1, -0.05) is 36.4 Å². The Bertz CT molecular complexity index is 944. The minimum Gasteiger partial charge on any atom is -0.423 e. The van der Waals surface area contributed by atoms with E-state index in [1.807, 2.05) is 36.4 Å². The number of urea groups is 1. The third-order valence-corrected chi connectivity index (χ3v) is 3.49. The molecule has 2 amide bonds. The second-order valence-corrected chi connectivity index (χ2v) is 5.22. The molecule has 0 aliphatic heterocycles. The number of esters is 1. The number of nitrogens with zero attached hydrogens (tertiary/aromatic N) is 1. The Morgan fingerprint density at radius 2 is 1.68 bits per heavy atom. The summed E-state index contributed by atoms with van der Waals surface area (Å²) >= 11 is 0. The van der Waals surface area contributed by atoms with Gasteiger partial charge in [0.15, 0.2) is 0 Å². The molecular formula is C19H15N3O3. The van der Waals surface area contributed by atoms with Crippen LogP contribution in [0.25, 0.3) is 10.8 Å². The van der Waals surface area contributed by atoms with Crippen LogP contribution >= 0.6 is 0 Å². The molecule has 3 aromatic carbocycles. The smallest absolute Gasteiger partial charge is 0.344 e. The maximum Gasteiger partial charge on any atom is 0.344 e. The van der Waals surface area contributed by atoms with Crippen molar-refractivity contribution in [1.82, 2.24) is 5.43 Å². The van der Waals surface area contributed by atoms with Gasteiger partial charge in [0.25, 0.3) is 0 Å². The lowest BCUT2D eigenvalue weighted by Gasteiger charge is -2.07. The number of benzene rings is 3. The van der Waals surface area contributed by atoms with Crippen molar-refractivity contribution in [3.63, 3.8) is 0 Å². The highest BCUT2D eigenvalue weighted by Crippen LogP contribution is 2.21. The number of hydrogen-bond acceptors (Lipinski definition) is 4. The zero-order valence-corrected chi connectivity index (χ0v) is 13.2. The molecule has 124 valence electrons. The quantitative estimate of drug-likeness (QED) is 0.332. The van der Waals surface area contributed by atoms with E-state index in [-0.39, 0.29) is 0 Å². The highest BCUT2D eigenvalue weighted by atomic mass is 16.5. The first-order valence-corrected chi connectivity index (χ1v) is 7.52. The largest absolute Gasteiger partial charge is 0.423 e. The number of carbonyl (C=O) groups is 2. The van der Waals surface area contributed by atoms with Crippen molar-refractivity contribution in [2.45, 2.75) is 0 Å². The lowest BCUT2D eigenvalue weighted by molar-refractivity contribution is 0.0737. The molecule has 0 spiro atoms. The van der Waals surface area contributed by atoms with E-state index in [0.29, 0.717) is 11.3 Å². The summed E-state index contributed by atoms with van der Waals surface area (Å²) < 4.78 is 5.43. The number of nitrogens with two attached hydrogens (primary N) is 1. The Kier molecular flexibility index (Phi) is 4.71. The molecule has 0 aromatic heterocycles. The maximum absolute atomic E-state index is 12.5. The number of nitrogens with one attached hydrogen (secondary N) is 1. The van der Waals surface area contributed by atoms with Gasteiger partial charge in [-0.2, -0.15) is 5.10 Å². The van der Waals surface area contributed by atoms with Crippen LogP contribution in [0.3, 0.4) is 0 Å². The van der Waals surface area contributed by atoms with Crippen molar-refractivity contribution < 1.29 is 14.3 Å². The number of hydrogen-bond donors (Lipinski definition) is 2. The van der Waals surface area contributed by atoms with Crippen LogP contribution in [-0.2, 0) is 0 Å². The molecule has 0 saturated heterocycles. The fraction of sp³-hybridized carbons (Fsp3) is 0. The minimum atomic E-state index is -0.739. The lowest BCUT2D eigenvalue weighted by atomic mass is 10.0. The maximum atomic E-state index is 12.5. The number of rotatable bonds is 4. The molecule has 0 aliphatic rings. The number of fused-ring (bicyclic) bond motifs is 1. The first-order chi connectivity index (χ1) is 12.1. The van der Waals surface area contributed by atoms with E-state index in [2.05, 4.69) is 10.5 Å². The number of hydrazone groups is 1. The van der Waals surface area contributed by atoms with Crippen LogP contribution < -0.4 is 15.9 Å². The van der Waals surface area contributed by atoms with Gasteiger partial charge in [-0.05, 0) is 46.7 Å². The molecule has 0 saturated carbocycles. The Hall–Kier alpha value is -3.67. The molecule has 0 aliphatic carbocycles. The Morgan fingerprint density at radius 3 is 2.44 bits per heavy atom. The average molecular weight is 333 g/mol. The number of primary amides is 1. The van der Waals surface area contributed by atoms with Crippen LogP contribution in [0.15, 0.2) is 71.8 Å². The summed E-state index contributed by atoms with van der Waals surface area (Å²) in [4.78, 5) is 23.0. The van der Waals surface area contributed by atoms with Crippen molar-refractivity contribution >= 4 is 29.0 Å². The normalized spacial score (nSPS) is 10.7. The predicted octanol–water partition coefficient (Wildman–Crippen LogP) is 3.06. The molecule has 0 fully saturated rings. The molecule has 25 heavy (non-hydrogen) atoms. The van der Waals surface area contributed by atoms with Crippen molar-refractivity contribution in [3.05, 3.63) is 77.9 Å². The Morgan fingerprint density at radius 1 is 0.960 bits per heavy atom. The van der Waals surface area contributed by atoms with E-state index in [1.165, 1.54) is 6.21 Å². The van der Waals surface area contributed by atoms with Gasteiger partial charge < -0.3 is 10.5 Å². The van der Waals surface area contributed by atoms with Crippen molar-refractivity contribution in [2.24, 2.45) is 10.8 Å². The van der Waals surface area contributed by atoms with Crippen LogP contribution in [0.4, 0.5) is 4.79 Å². The first kappa shape index (κ1) is 16.2. The van der Waals surface area contributed by atoms with Crippen LogP contribution in [0.1, 0.15) is 15.9 Å². The average Bonchev–Trinajstić information content (AvgIpc) is 2.62. The highest BCUT2D eigenvalue weighted by molar-refractivity contribution is 6.05. The van der Waals surface area contributed by atoms with Crippen molar-refractivity contribution in [1.29, 1.82) is 0 Å². The summed E-state index contributed by atoms with van der Waals surface area (Å²) in [5, 5.41) is 5.48. The topological polar surface area (TPSA) is 93.8 Å². The van der Waals surface area contributed by atoms with Gasteiger partial charge in [-0.15, -0.1) is 0 Å². The minimum absolute atomic E-state index is 0.415. The SMILES string of the molecule is NC(=O)NN=Cc1ccc(OC(=O)c2cccc3ccccc23)cc1. The van der Waals surface area contributed by atoms with Gasteiger partial charge in [0.1, 0.15) is 5.75 Å². The summed E-state index contributed by atoms with van der Waals surface area (Å²) in [7, 11) is 0. The number of amides is 2. The molecule has 0 unspecified atom stereocenters. The third-order valence-electron chi connectivity index (χ3n) is 3.49. The van der Waals surface area contributed by atoms with Crippen molar-refractivity contribution in [2.75, 3.05) is 0 Å². The molecule has 6 heteroatoms. The summed E-state index contributed by atoms with van der Waals surface area (Å²) in [6, 6.07) is 19.1. The van der Waals surface area contributed by atoms with E-state index >= 15 is 0 Å². The summed E-state index contributed by atoms with van der Waals surface area (Å²) in [6.45, 7) is 0. The Balaban J connectivity index is 1.74. The standard InChI is InChI=1S/C19H15N3O3/c20-19(24)22-21-12-13-8-10-15(11-9-13)25-18(23)17-7-3-5-14-4-1-2-6-16(14)17/h1-12H,(H3,20,22,24). The highest BCUT2D eigenvalue weighted by Gasteiger charge is 2.12. The van der Waals surface area contributed by atoms with E-state index in [9.17, 15) is 9.59 Å². The van der Waals surface area contributed by atoms with Gasteiger partial charge in [-0.3, -0.25) is 0 Å². The number of carbonyl (C=O) groups excluding carboxylic acids is 2. The second kappa shape index (κ2) is 7.27. The summed E-state index contributed by atoms with van der Waals surface area (Å²) in [5.41, 5.74) is 8.24. The van der Waals surface area contributed by atoms with Crippen LogP contribution in [0.2, 0.25) is 0 Å². The molecule has 0 heterocycles. The van der Waals surface area contributed by atoms with E-state index in [0.717, 1.165) is 16.3 Å². The summed E-state index contributed by atoms with van der Waals surface area (Å²) in [6.07, 6.45) is 1.43. The third kappa shape index (κ3) is 4.00. The molecule has 0 bridgehead atoms. The molecule has 3 N–H and O–H groups in total.